The van der Waals surface area contributed by atoms with Gasteiger partial charge in [0.05, 0.1) is 0 Å². The van der Waals surface area contributed by atoms with Crippen molar-refractivity contribution < 1.29 is 13.6 Å². The van der Waals surface area contributed by atoms with Gasteiger partial charge in [-0.25, -0.2) is 8.78 Å². The maximum absolute atomic E-state index is 13.2. The largest absolute Gasteiger partial charge is 0.360 e. The number of para-hydroxylation sites is 1. The van der Waals surface area contributed by atoms with Crippen LogP contribution in [-0.4, -0.2) is 18.5 Å². The highest BCUT2D eigenvalue weighted by atomic mass is 19.2. The van der Waals surface area contributed by atoms with E-state index < -0.39 is 17.7 Å². The molecule has 0 fully saturated rings. The molecule has 0 radical (unpaired) electrons. The minimum atomic E-state index is -0.973. The highest BCUT2D eigenvalue weighted by molar-refractivity contribution is 5.96. The van der Waals surface area contributed by atoms with Crippen molar-refractivity contribution in [1.82, 2.24) is 0 Å². The lowest BCUT2D eigenvalue weighted by Gasteiger charge is -2.35. The Balaban J connectivity index is 1.76. The fourth-order valence-electron chi connectivity index (χ4n) is 2.93. The lowest BCUT2D eigenvalue weighted by atomic mass is 10.00. The van der Waals surface area contributed by atoms with Gasteiger partial charge in [-0.1, -0.05) is 18.2 Å². The minimum Gasteiger partial charge on any atom is -0.360 e. The van der Waals surface area contributed by atoms with E-state index in [0.29, 0.717) is 0 Å². The van der Waals surface area contributed by atoms with Gasteiger partial charge in [0.15, 0.2) is 11.6 Å². The Labute approximate surface area is 133 Å². The molecule has 1 heterocycles. The molecule has 0 bridgehead atoms. The molecule has 2 aromatic rings. The summed E-state index contributed by atoms with van der Waals surface area (Å²) in [6.45, 7) is 2.61. The molecule has 5 heteroatoms. The molecule has 0 aliphatic carbocycles. The third-order valence-corrected chi connectivity index (χ3v) is 4.18. The highest BCUT2D eigenvalue weighted by Crippen LogP contribution is 2.28. The number of nitrogens with one attached hydrogen (secondary N) is 1. The summed E-state index contributed by atoms with van der Waals surface area (Å²) in [6.07, 6.45) is 1.99. The van der Waals surface area contributed by atoms with Gasteiger partial charge in [0.25, 0.3) is 0 Å². The Morgan fingerprint density at radius 3 is 2.74 bits per heavy atom. The first kappa shape index (κ1) is 15.5. The van der Waals surface area contributed by atoms with Crippen molar-refractivity contribution in [3.63, 3.8) is 0 Å². The lowest BCUT2D eigenvalue weighted by Crippen LogP contribution is -2.44. The second kappa shape index (κ2) is 6.36. The number of halogens is 2. The van der Waals surface area contributed by atoms with E-state index in [1.807, 2.05) is 30.0 Å². The zero-order chi connectivity index (χ0) is 16.4. The molecular weight excluding hydrogens is 298 g/mol. The number of anilines is 2. The Morgan fingerprint density at radius 1 is 1.17 bits per heavy atom. The van der Waals surface area contributed by atoms with E-state index in [1.165, 1.54) is 11.6 Å². The zero-order valence-electron chi connectivity index (χ0n) is 12.9. The van der Waals surface area contributed by atoms with E-state index in [1.54, 1.807) is 0 Å². The number of aryl methyl sites for hydroxylation is 1. The summed E-state index contributed by atoms with van der Waals surface area (Å²) >= 11 is 0. The Hall–Kier alpha value is -2.43. The minimum absolute atomic E-state index is 0.243. The molecule has 1 unspecified atom stereocenters. The first-order chi connectivity index (χ1) is 11.1. The maximum Gasteiger partial charge on any atom is 0.246 e. The van der Waals surface area contributed by atoms with Crippen LogP contribution in [0.4, 0.5) is 20.2 Å². The summed E-state index contributed by atoms with van der Waals surface area (Å²) in [4.78, 5) is 14.5. The molecule has 120 valence electrons. The molecule has 2 aromatic carbocycles. The predicted octanol–water partition coefficient (Wildman–Crippen LogP) is 3.74. The van der Waals surface area contributed by atoms with Gasteiger partial charge in [-0.2, -0.15) is 0 Å². The number of nitrogens with zero attached hydrogens (tertiary/aromatic N) is 1. The monoisotopic (exact) mass is 316 g/mol. The number of carbonyl (C=O) groups excluding carboxylic acids is 1. The standard InChI is InChI=1S/C18H18F2N2O/c1-12(18(23)21-14-8-9-15(19)16(20)11-14)22-10-4-6-13-5-2-3-7-17(13)22/h2-3,5,7-9,11-12H,4,6,10H2,1H3,(H,21,23). The number of carbonyl (C=O) groups is 1. The summed E-state index contributed by atoms with van der Waals surface area (Å²) in [6, 6.07) is 11.0. The van der Waals surface area contributed by atoms with E-state index >= 15 is 0 Å². The van der Waals surface area contributed by atoms with Crippen molar-refractivity contribution in [3.05, 3.63) is 59.7 Å². The number of amides is 1. The average molecular weight is 316 g/mol. The fourth-order valence-corrected chi connectivity index (χ4v) is 2.93. The molecule has 0 saturated heterocycles. The zero-order valence-corrected chi connectivity index (χ0v) is 12.9. The molecule has 3 rings (SSSR count). The summed E-state index contributed by atoms with van der Waals surface area (Å²) in [7, 11) is 0. The van der Waals surface area contributed by atoms with Gasteiger partial charge in [-0.3, -0.25) is 4.79 Å². The number of hydrogen-bond acceptors (Lipinski definition) is 2. The molecule has 1 N–H and O–H groups in total. The van der Waals surface area contributed by atoms with Gasteiger partial charge in [0.2, 0.25) is 5.91 Å². The van der Waals surface area contributed by atoms with Crippen molar-refractivity contribution in [2.75, 3.05) is 16.8 Å². The molecule has 0 spiro atoms. The van der Waals surface area contributed by atoms with Crippen LogP contribution in [-0.2, 0) is 11.2 Å². The highest BCUT2D eigenvalue weighted by Gasteiger charge is 2.25. The van der Waals surface area contributed by atoms with E-state index in [0.717, 1.165) is 37.2 Å². The van der Waals surface area contributed by atoms with Crippen molar-refractivity contribution in [2.45, 2.75) is 25.8 Å². The molecule has 1 aliphatic heterocycles. The molecular formula is C18H18F2N2O. The second-order valence-electron chi connectivity index (χ2n) is 5.72. The van der Waals surface area contributed by atoms with Crippen LogP contribution in [0.25, 0.3) is 0 Å². The Morgan fingerprint density at radius 2 is 1.96 bits per heavy atom. The molecule has 0 aromatic heterocycles. The van der Waals surface area contributed by atoms with Crippen LogP contribution in [0.2, 0.25) is 0 Å². The van der Waals surface area contributed by atoms with Crippen LogP contribution in [0.1, 0.15) is 18.9 Å². The Kier molecular flexibility index (Phi) is 4.28. The average Bonchev–Trinajstić information content (AvgIpc) is 2.57. The van der Waals surface area contributed by atoms with Gasteiger partial charge >= 0.3 is 0 Å². The molecule has 23 heavy (non-hydrogen) atoms. The SMILES string of the molecule is CC(C(=O)Nc1ccc(F)c(F)c1)N1CCCc2ccccc21. The molecule has 1 atom stereocenters. The van der Waals surface area contributed by atoms with Crippen LogP contribution < -0.4 is 10.2 Å². The topological polar surface area (TPSA) is 32.3 Å². The predicted molar refractivity (Wildman–Crippen MR) is 86.6 cm³/mol. The quantitative estimate of drug-likeness (QED) is 0.935. The van der Waals surface area contributed by atoms with Crippen LogP contribution >= 0.6 is 0 Å². The fraction of sp³-hybridized carbons (Fsp3) is 0.278. The maximum atomic E-state index is 13.2. The summed E-state index contributed by atoms with van der Waals surface area (Å²) in [5.74, 6) is -2.15. The normalized spacial score (nSPS) is 15.0. The summed E-state index contributed by atoms with van der Waals surface area (Å²) in [5, 5.41) is 2.65. The van der Waals surface area contributed by atoms with Crippen molar-refractivity contribution in [2.24, 2.45) is 0 Å². The number of benzene rings is 2. The third kappa shape index (κ3) is 3.18. The Bertz CT molecular complexity index is 733. The van der Waals surface area contributed by atoms with Crippen molar-refractivity contribution >= 4 is 17.3 Å². The molecule has 0 saturated carbocycles. The van der Waals surface area contributed by atoms with E-state index in [9.17, 15) is 13.6 Å². The summed E-state index contributed by atoms with van der Waals surface area (Å²) in [5.41, 5.74) is 2.55. The van der Waals surface area contributed by atoms with Crippen LogP contribution in [0.5, 0.6) is 0 Å². The van der Waals surface area contributed by atoms with Gasteiger partial charge in [0, 0.05) is 24.0 Å². The smallest absolute Gasteiger partial charge is 0.246 e. The number of rotatable bonds is 3. The summed E-state index contributed by atoms with van der Waals surface area (Å²) < 4.78 is 26.2. The molecule has 1 amide bonds. The van der Waals surface area contributed by atoms with E-state index in [2.05, 4.69) is 11.4 Å². The van der Waals surface area contributed by atoms with Gasteiger partial charge in [0.1, 0.15) is 6.04 Å². The molecule has 1 aliphatic rings. The van der Waals surface area contributed by atoms with E-state index in [-0.39, 0.29) is 11.6 Å². The van der Waals surface area contributed by atoms with Crippen molar-refractivity contribution in [3.8, 4) is 0 Å². The second-order valence-corrected chi connectivity index (χ2v) is 5.72. The van der Waals surface area contributed by atoms with Gasteiger partial charge in [-0.15, -0.1) is 0 Å². The van der Waals surface area contributed by atoms with Crippen LogP contribution in [0.15, 0.2) is 42.5 Å². The number of hydrogen-bond donors (Lipinski definition) is 1. The van der Waals surface area contributed by atoms with Crippen LogP contribution in [0, 0.1) is 11.6 Å². The first-order valence-electron chi connectivity index (χ1n) is 7.67. The molecule has 3 nitrogen and oxygen atoms in total. The van der Waals surface area contributed by atoms with Gasteiger partial charge in [-0.05, 0) is 43.5 Å². The van der Waals surface area contributed by atoms with Crippen LogP contribution in [0.3, 0.4) is 0 Å². The third-order valence-electron chi connectivity index (χ3n) is 4.18. The lowest BCUT2D eigenvalue weighted by molar-refractivity contribution is -0.117. The van der Waals surface area contributed by atoms with Gasteiger partial charge < -0.3 is 10.2 Å². The van der Waals surface area contributed by atoms with E-state index in [4.69, 9.17) is 0 Å². The van der Waals surface area contributed by atoms with Crippen molar-refractivity contribution in [1.29, 1.82) is 0 Å². The number of fused-ring (bicyclic) bond motifs is 1. The first-order valence-corrected chi connectivity index (χ1v) is 7.67.